The van der Waals surface area contributed by atoms with Crippen molar-refractivity contribution in [2.75, 3.05) is 20.7 Å². The van der Waals surface area contributed by atoms with Crippen molar-refractivity contribution in [2.45, 2.75) is 4.90 Å². The smallest absolute Gasteiger partial charge is 0.255 e. The molecule has 0 atom stereocenters. The maximum atomic E-state index is 12.6. The van der Waals surface area contributed by atoms with Gasteiger partial charge in [0.05, 0.1) is 24.9 Å². The predicted molar refractivity (Wildman–Crippen MR) is 105 cm³/mol. The summed E-state index contributed by atoms with van der Waals surface area (Å²) >= 11 is 11.8. The highest BCUT2D eigenvalue weighted by Gasteiger charge is 2.25. The van der Waals surface area contributed by atoms with Gasteiger partial charge in [0.15, 0.2) is 0 Å². The van der Waals surface area contributed by atoms with Crippen LogP contribution in [0.1, 0.15) is 5.56 Å². The summed E-state index contributed by atoms with van der Waals surface area (Å²) in [5, 5.41) is 4.05. The molecule has 0 saturated carbocycles. The van der Waals surface area contributed by atoms with E-state index in [-0.39, 0.29) is 14.9 Å². The molecule has 7 nitrogen and oxygen atoms in total. The fourth-order valence-corrected chi connectivity index (χ4v) is 3.97. The first-order chi connectivity index (χ1) is 12.8. The van der Waals surface area contributed by atoms with Gasteiger partial charge in [-0.15, -0.1) is 0 Å². The van der Waals surface area contributed by atoms with Crippen LogP contribution in [0, 0.1) is 0 Å². The molecule has 0 radical (unpaired) electrons. The van der Waals surface area contributed by atoms with E-state index < -0.39 is 22.5 Å². The molecule has 0 aliphatic rings. The Morgan fingerprint density at radius 1 is 1.26 bits per heavy atom. The van der Waals surface area contributed by atoms with Crippen molar-refractivity contribution >= 4 is 45.3 Å². The number of halogens is 2. The predicted octanol–water partition coefficient (Wildman–Crippen LogP) is 2.77. The first-order valence-electron chi connectivity index (χ1n) is 7.62. The van der Waals surface area contributed by atoms with Crippen LogP contribution in [0.15, 0.2) is 52.5 Å². The summed E-state index contributed by atoms with van der Waals surface area (Å²) in [5.74, 6) is -0.0313. The van der Waals surface area contributed by atoms with Gasteiger partial charge in [-0.05, 0) is 30.3 Å². The minimum Gasteiger partial charge on any atom is -0.496 e. The minimum absolute atomic E-state index is 0.0147. The number of methoxy groups -OCH3 is 1. The van der Waals surface area contributed by atoms with Gasteiger partial charge in [0.2, 0.25) is 10.0 Å². The summed E-state index contributed by atoms with van der Waals surface area (Å²) in [5.41, 5.74) is 2.93. The van der Waals surface area contributed by atoms with Crippen LogP contribution in [0.25, 0.3) is 0 Å². The number of para-hydroxylation sites is 1. The fourth-order valence-electron chi connectivity index (χ4n) is 2.11. The van der Waals surface area contributed by atoms with Gasteiger partial charge in [-0.25, -0.2) is 13.8 Å². The highest BCUT2D eigenvalue weighted by atomic mass is 35.5. The van der Waals surface area contributed by atoms with Crippen LogP contribution in [0.3, 0.4) is 0 Å². The van der Waals surface area contributed by atoms with Crippen LogP contribution in [0.4, 0.5) is 0 Å². The van der Waals surface area contributed by atoms with E-state index in [1.165, 1.54) is 38.6 Å². The lowest BCUT2D eigenvalue weighted by Crippen LogP contribution is -2.36. The lowest BCUT2D eigenvalue weighted by atomic mass is 10.2. The van der Waals surface area contributed by atoms with E-state index in [0.29, 0.717) is 11.3 Å². The van der Waals surface area contributed by atoms with E-state index in [4.69, 9.17) is 27.9 Å². The highest BCUT2D eigenvalue weighted by molar-refractivity contribution is 7.89. The molecule has 0 heterocycles. The Kier molecular flexibility index (Phi) is 7.20. The highest BCUT2D eigenvalue weighted by Crippen LogP contribution is 2.27. The molecule has 0 bridgehead atoms. The molecule has 1 amide bonds. The molecule has 0 unspecified atom stereocenters. The van der Waals surface area contributed by atoms with E-state index in [9.17, 15) is 13.2 Å². The van der Waals surface area contributed by atoms with E-state index >= 15 is 0 Å². The third-order valence-electron chi connectivity index (χ3n) is 3.48. The van der Waals surface area contributed by atoms with Crippen molar-refractivity contribution in [3.63, 3.8) is 0 Å². The summed E-state index contributed by atoms with van der Waals surface area (Å²) < 4.78 is 31.2. The largest absolute Gasteiger partial charge is 0.496 e. The number of sulfonamides is 1. The number of amides is 1. The fraction of sp³-hybridized carbons (Fsp3) is 0.176. The number of ether oxygens (including phenoxy) is 1. The number of hydrogen-bond donors (Lipinski definition) is 1. The minimum atomic E-state index is -3.99. The average Bonchev–Trinajstić information content (AvgIpc) is 2.63. The number of carbonyl (C=O) groups excluding carboxylic acids is 1. The normalized spacial score (nSPS) is 11.7. The van der Waals surface area contributed by atoms with Crippen molar-refractivity contribution in [3.8, 4) is 5.75 Å². The number of nitrogens with one attached hydrogen (secondary N) is 1. The standard InChI is InChI=1S/C17H17Cl2N3O4S/c1-22(27(24,25)16-9-13(18)7-8-14(16)19)11-17(23)21-20-10-12-5-3-4-6-15(12)26-2/h3-10H,11H2,1-2H3,(H,21,23)/b20-10-. The molecule has 0 saturated heterocycles. The van der Waals surface area contributed by atoms with E-state index in [1.54, 1.807) is 24.3 Å². The molecule has 1 N–H and O–H groups in total. The van der Waals surface area contributed by atoms with Gasteiger partial charge >= 0.3 is 0 Å². The average molecular weight is 430 g/mol. The molecule has 27 heavy (non-hydrogen) atoms. The van der Waals surface area contributed by atoms with Crippen molar-refractivity contribution in [1.82, 2.24) is 9.73 Å². The zero-order valence-corrected chi connectivity index (χ0v) is 16.8. The van der Waals surface area contributed by atoms with Crippen LogP contribution in [0.5, 0.6) is 5.75 Å². The number of rotatable bonds is 7. The lowest BCUT2D eigenvalue weighted by molar-refractivity contribution is -0.121. The monoisotopic (exact) mass is 429 g/mol. The summed E-state index contributed by atoms with van der Waals surface area (Å²) in [6, 6.07) is 11.2. The first-order valence-corrected chi connectivity index (χ1v) is 9.81. The molecule has 0 aliphatic carbocycles. The maximum Gasteiger partial charge on any atom is 0.255 e. The molecule has 0 spiro atoms. The van der Waals surface area contributed by atoms with Crippen molar-refractivity contribution in [3.05, 3.63) is 58.1 Å². The zero-order chi connectivity index (χ0) is 20.0. The Labute approximate surface area is 167 Å². The molecular formula is C17H17Cl2N3O4S. The molecular weight excluding hydrogens is 413 g/mol. The first kappa shape index (κ1) is 21.2. The third kappa shape index (κ3) is 5.43. The third-order valence-corrected chi connectivity index (χ3v) is 6.00. The van der Waals surface area contributed by atoms with Gasteiger partial charge in [-0.1, -0.05) is 35.3 Å². The molecule has 2 aromatic rings. The van der Waals surface area contributed by atoms with E-state index in [0.717, 1.165) is 4.31 Å². The second-order valence-electron chi connectivity index (χ2n) is 5.37. The number of carbonyl (C=O) groups is 1. The van der Waals surface area contributed by atoms with Crippen molar-refractivity contribution in [2.24, 2.45) is 5.10 Å². The molecule has 2 aromatic carbocycles. The maximum absolute atomic E-state index is 12.6. The Morgan fingerprint density at radius 3 is 2.67 bits per heavy atom. The Bertz CT molecular complexity index is 964. The summed E-state index contributed by atoms with van der Waals surface area (Å²) in [7, 11) is -1.21. The number of nitrogens with zero attached hydrogens (tertiary/aromatic N) is 2. The van der Waals surface area contributed by atoms with Gasteiger partial charge in [0, 0.05) is 17.6 Å². The topological polar surface area (TPSA) is 88.1 Å². The summed E-state index contributed by atoms with van der Waals surface area (Å²) in [4.78, 5) is 11.8. The quantitative estimate of drug-likeness (QED) is 0.541. The zero-order valence-electron chi connectivity index (χ0n) is 14.5. The van der Waals surface area contributed by atoms with Crippen LogP contribution in [-0.4, -0.2) is 45.5 Å². The van der Waals surface area contributed by atoms with Crippen LogP contribution in [0.2, 0.25) is 10.0 Å². The molecule has 0 fully saturated rings. The second-order valence-corrected chi connectivity index (χ2v) is 8.23. The van der Waals surface area contributed by atoms with Gasteiger partial charge < -0.3 is 4.74 Å². The van der Waals surface area contributed by atoms with Gasteiger partial charge in [-0.2, -0.15) is 9.41 Å². The van der Waals surface area contributed by atoms with Crippen LogP contribution >= 0.6 is 23.2 Å². The lowest BCUT2D eigenvalue weighted by Gasteiger charge is -2.17. The van der Waals surface area contributed by atoms with Crippen LogP contribution < -0.4 is 10.2 Å². The van der Waals surface area contributed by atoms with Crippen LogP contribution in [-0.2, 0) is 14.8 Å². The van der Waals surface area contributed by atoms with Gasteiger partial charge in [-0.3, -0.25) is 4.79 Å². The Balaban J connectivity index is 2.04. The van der Waals surface area contributed by atoms with E-state index in [1.807, 2.05) is 0 Å². The van der Waals surface area contributed by atoms with Gasteiger partial charge in [0.1, 0.15) is 10.6 Å². The summed E-state index contributed by atoms with van der Waals surface area (Å²) in [6.07, 6.45) is 1.40. The van der Waals surface area contributed by atoms with Crippen molar-refractivity contribution < 1.29 is 17.9 Å². The number of hydrazone groups is 1. The number of hydrogen-bond acceptors (Lipinski definition) is 5. The molecule has 2 rings (SSSR count). The Hall–Kier alpha value is -2.13. The molecule has 10 heteroatoms. The van der Waals surface area contributed by atoms with Gasteiger partial charge in [0.25, 0.3) is 5.91 Å². The number of benzene rings is 2. The molecule has 0 aliphatic heterocycles. The van der Waals surface area contributed by atoms with E-state index in [2.05, 4.69) is 10.5 Å². The van der Waals surface area contributed by atoms with Crippen molar-refractivity contribution in [1.29, 1.82) is 0 Å². The number of likely N-dealkylation sites (N-methyl/N-ethyl adjacent to an activating group) is 1. The second kappa shape index (κ2) is 9.18. The summed E-state index contributed by atoms with van der Waals surface area (Å²) in [6.45, 7) is -0.450. The Morgan fingerprint density at radius 2 is 1.96 bits per heavy atom. The molecule has 0 aromatic heterocycles. The SMILES string of the molecule is COc1ccccc1/C=N\NC(=O)CN(C)S(=O)(=O)c1cc(Cl)ccc1Cl. The molecule has 144 valence electrons.